The number of amides is 1. The number of benzene rings is 2. The lowest BCUT2D eigenvalue weighted by Gasteiger charge is -2.09. The number of nitrogens with one attached hydrogen (secondary N) is 1. The highest BCUT2D eigenvalue weighted by molar-refractivity contribution is 6.06. The van der Waals surface area contributed by atoms with E-state index in [9.17, 15) is 19.4 Å². The van der Waals surface area contributed by atoms with Gasteiger partial charge in [-0.05, 0) is 31.2 Å². The second kappa shape index (κ2) is 6.13. The van der Waals surface area contributed by atoms with Gasteiger partial charge in [-0.2, -0.15) is 0 Å². The molecule has 0 bridgehead atoms. The van der Waals surface area contributed by atoms with Crippen molar-refractivity contribution in [2.45, 2.75) is 6.92 Å². The Morgan fingerprint density at radius 1 is 1.29 bits per heavy atom. The Bertz CT molecular complexity index is 673. The summed E-state index contributed by atoms with van der Waals surface area (Å²) in [6, 6.07) is 8.01. The fourth-order valence-electron chi connectivity index (χ4n) is 1.76. The first-order valence-electron chi connectivity index (χ1n) is 6.27. The highest BCUT2D eigenvalue weighted by atomic mass is 19.1. The fourth-order valence-corrected chi connectivity index (χ4v) is 1.76. The van der Waals surface area contributed by atoms with Gasteiger partial charge >= 0.3 is 0 Å². The number of aromatic hydroxyl groups is 2. The summed E-state index contributed by atoms with van der Waals surface area (Å²) >= 11 is 0. The summed E-state index contributed by atoms with van der Waals surface area (Å²) in [6.45, 7) is 2.07. The van der Waals surface area contributed by atoms with Crippen molar-refractivity contribution in [3.63, 3.8) is 0 Å². The van der Waals surface area contributed by atoms with Crippen molar-refractivity contribution in [3.05, 3.63) is 47.8 Å². The van der Waals surface area contributed by atoms with Gasteiger partial charge in [-0.15, -0.1) is 0 Å². The van der Waals surface area contributed by atoms with Crippen molar-refractivity contribution in [1.82, 2.24) is 0 Å². The zero-order valence-corrected chi connectivity index (χ0v) is 11.3. The van der Waals surface area contributed by atoms with Crippen LogP contribution in [-0.2, 0) is 0 Å². The number of hydrogen-bond donors (Lipinski definition) is 3. The van der Waals surface area contributed by atoms with Crippen LogP contribution in [0.4, 0.5) is 10.1 Å². The normalized spacial score (nSPS) is 10.2. The third kappa shape index (κ3) is 3.22. The Balaban J connectivity index is 2.20. The van der Waals surface area contributed by atoms with Crippen LogP contribution in [0.5, 0.6) is 17.2 Å². The van der Waals surface area contributed by atoms with Gasteiger partial charge in [0.05, 0.1) is 12.2 Å². The molecule has 0 atom stereocenters. The molecule has 5 nitrogen and oxygen atoms in total. The third-order valence-electron chi connectivity index (χ3n) is 2.75. The molecular weight excluding hydrogens is 277 g/mol. The number of ether oxygens (including phenoxy) is 1. The molecule has 0 radical (unpaired) electrons. The molecule has 0 heterocycles. The van der Waals surface area contributed by atoms with E-state index < -0.39 is 23.2 Å². The van der Waals surface area contributed by atoms with Crippen LogP contribution >= 0.6 is 0 Å². The van der Waals surface area contributed by atoms with Crippen molar-refractivity contribution in [3.8, 4) is 17.2 Å². The van der Waals surface area contributed by atoms with Crippen LogP contribution in [0.15, 0.2) is 36.4 Å². The van der Waals surface area contributed by atoms with Crippen LogP contribution in [0.25, 0.3) is 0 Å². The number of rotatable bonds is 4. The Kier molecular flexibility index (Phi) is 4.27. The number of carbonyl (C=O) groups excluding carboxylic acids is 1. The SMILES string of the molecule is CCOc1ccc(NC(=O)c2cccc(O)c2O)cc1F. The van der Waals surface area contributed by atoms with E-state index in [1.54, 1.807) is 6.92 Å². The first kappa shape index (κ1) is 14.6. The molecule has 0 saturated carbocycles. The van der Waals surface area contributed by atoms with Crippen molar-refractivity contribution < 1.29 is 24.1 Å². The molecule has 2 aromatic rings. The summed E-state index contributed by atoms with van der Waals surface area (Å²) in [7, 11) is 0. The van der Waals surface area contributed by atoms with Crippen LogP contribution in [0.3, 0.4) is 0 Å². The number of hydrogen-bond acceptors (Lipinski definition) is 4. The molecule has 2 rings (SSSR count). The Morgan fingerprint density at radius 3 is 2.71 bits per heavy atom. The highest BCUT2D eigenvalue weighted by Gasteiger charge is 2.14. The zero-order chi connectivity index (χ0) is 15.4. The summed E-state index contributed by atoms with van der Waals surface area (Å²) in [4.78, 5) is 12.0. The molecule has 0 aromatic heterocycles. The topological polar surface area (TPSA) is 78.8 Å². The maximum absolute atomic E-state index is 13.7. The lowest BCUT2D eigenvalue weighted by molar-refractivity contribution is 0.102. The molecule has 3 N–H and O–H groups in total. The Hall–Kier alpha value is -2.76. The van der Waals surface area contributed by atoms with E-state index >= 15 is 0 Å². The molecule has 6 heteroatoms. The first-order valence-corrected chi connectivity index (χ1v) is 6.27. The second-order valence-electron chi connectivity index (χ2n) is 4.21. The van der Waals surface area contributed by atoms with Gasteiger partial charge in [0.15, 0.2) is 23.1 Å². The molecule has 0 aliphatic rings. The summed E-state index contributed by atoms with van der Waals surface area (Å²) in [5.41, 5.74) is 0.105. The minimum Gasteiger partial charge on any atom is -0.504 e. The molecule has 0 fully saturated rings. The quantitative estimate of drug-likeness (QED) is 0.757. The van der Waals surface area contributed by atoms with E-state index in [-0.39, 0.29) is 17.0 Å². The molecule has 2 aromatic carbocycles. The average molecular weight is 291 g/mol. The van der Waals surface area contributed by atoms with Crippen LogP contribution in [0, 0.1) is 5.82 Å². The highest BCUT2D eigenvalue weighted by Crippen LogP contribution is 2.29. The van der Waals surface area contributed by atoms with Gasteiger partial charge in [-0.25, -0.2) is 4.39 Å². The van der Waals surface area contributed by atoms with Crippen molar-refractivity contribution >= 4 is 11.6 Å². The number of anilines is 1. The summed E-state index contributed by atoms with van der Waals surface area (Å²) in [5.74, 6) is -2.10. The maximum Gasteiger partial charge on any atom is 0.259 e. The maximum atomic E-state index is 13.7. The van der Waals surface area contributed by atoms with Gasteiger partial charge in [0.25, 0.3) is 5.91 Å². The van der Waals surface area contributed by atoms with E-state index in [1.165, 1.54) is 30.3 Å². The monoisotopic (exact) mass is 291 g/mol. The minimum atomic E-state index is -0.660. The first-order chi connectivity index (χ1) is 10.0. The van der Waals surface area contributed by atoms with E-state index in [0.717, 1.165) is 6.07 Å². The summed E-state index contributed by atoms with van der Waals surface area (Å²) in [6.07, 6.45) is 0. The largest absolute Gasteiger partial charge is 0.504 e. The van der Waals surface area contributed by atoms with Crippen molar-refractivity contribution in [2.24, 2.45) is 0 Å². The number of phenolic OH excluding ortho intramolecular Hbond substituents is 2. The lowest BCUT2D eigenvalue weighted by atomic mass is 10.1. The molecule has 0 spiro atoms. The number of carbonyl (C=O) groups is 1. The lowest BCUT2D eigenvalue weighted by Crippen LogP contribution is -2.12. The van der Waals surface area contributed by atoms with Crippen LogP contribution < -0.4 is 10.1 Å². The van der Waals surface area contributed by atoms with E-state index in [4.69, 9.17) is 4.74 Å². The van der Waals surface area contributed by atoms with Crippen molar-refractivity contribution in [2.75, 3.05) is 11.9 Å². The Labute approximate surface area is 120 Å². The van der Waals surface area contributed by atoms with Gasteiger partial charge in [0, 0.05) is 11.8 Å². The van der Waals surface area contributed by atoms with E-state index in [0.29, 0.717) is 6.61 Å². The van der Waals surface area contributed by atoms with Crippen LogP contribution in [0.1, 0.15) is 17.3 Å². The number of phenols is 2. The predicted molar refractivity (Wildman–Crippen MR) is 75.3 cm³/mol. The zero-order valence-electron chi connectivity index (χ0n) is 11.3. The molecular formula is C15H14FNO4. The molecule has 0 unspecified atom stereocenters. The van der Waals surface area contributed by atoms with Crippen LogP contribution in [0.2, 0.25) is 0 Å². The molecule has 21 heavy (non-hydrogen) atoms. The molecule has 1 amide bonds. The van der Waals surface area contributed by atoms with E-state index in [2.05, 4.69) is 5.32 Å². The van der Waals surface area contributed by atoms with Gasteiger partial charge in [0.1, 0.15) is 0 Å². The molecule has 0 aliphatic carbocycles. The second-order valence-corrected chi connectivity index (χ2v) is 4.21. The summed E-state index contributed by atoms with van der Waals surface area (Å²) < 4.78 is 18.7. The summed E-state index contributed by atoms with van der Waals surface area (Å²) in [5, 5.41) is 21.4. The van der Waals surface area contributed by atoms with E-state index in [1.807, 2.05) is 0 Å². The van der Waals surface area contributed by atoms with Gasteiger partial charge in [-0.1, -0.05) is 6.07 Å². The molecule has 110 valence electrons. The third-order valence-corrected chi connectivity index (χ3v) is 2.75. The predicted octanol–water partition coefficient (Wildman–Crippen LogP) is 2.89. The number of halogens is 1. The van der Waals surface area contributed by atoms with Crippen LogP contribution in [-0.4, -0.2) is 22.7 Å². The average Bonchev–Trinajstić information content (AvgIpc) is 2.45. The smallest absolute Gasteiger partial charge is 0.259 e. The van der Waals surface area contributed by atoms with Crippen molar-refractivity contribution in [1.29, 1.82) is 0 Å². The molecule has 0 saturated heterocycles. The standard InChI is InChI=1S/C15H14FNO4/c1-2-21-13-7-6-9(8-11(13)16)17-15(20)10-4-3-5-12(18)14(10)19/h3-8,18-19H,2H2,1H3,(H,17,20). The van der Waals surface area contributed by atoms with Gasteiger partial charge in [-0.3, -0.25) is 4.79 Å². The molecule has 0 aliphatic heterocycles. The minimum absolute atomic E-state index is 0.0932. The number of para-hydroxylation sites is 1. The van der Waals surface area contributed by atoms with Gasteiger partial charge < -0.3 is 20.3 Å². The Morgan fingerprint density at radius 2 is 2.05 bits per heavy atom. The fraction of sp³-hybridized carbons (Fsp3) is 0.133. The van der Waals surface area contributed by atoms with Gasteiger partial charge in [0.2, 0.25) is 0 Å².